The van der Waals surface area contributed by atoms with E-state index >= 15 is 0 Å². The zero-order chi connectivity index (χ0) is 17.6. The van der Waals surface area contributed by atoms with Crippen LogP contribution >= 0.6 is 27.7 Å². The molecule has 1 fully saturated rings. The van der Waals surface area contributed by atoms with Gasteiger partial charge in [0.05, 0.1) is 17.5 Å². The molecular weight excluding hydrogens is 406 g/mol. The smallest absolute Gasteiger partial charge is 0.343 e. The maximum atomic E-state index is 12.1. The molecule has 126 valence electrons. The van der Waals surface area contributed by atoms with Gasteiger partial charge in [-0.05, 0) is 48.0 Å². The number of nitrogens with zero attached hydrogens (tertiary/aromatic N) is 2. The van der Waals surface area contributed by atoms with Crippen molar-refractivity contribution >= 4 is 51.0 Å². The van der Waals surface area contributed by atoms with Gasteiger partial charge in [-0.1, -0.05) is 33.8 Å². The van der Waals surface area contributed by atoms with Gasteiger partial charge in [-0.25, -0.2) is 4.79 Å². The third kappa shape index (κ3) is 5.01. The van der Waals surface area contributed by atoms with Crippen molar-refractivity contribution in [2.45, 2.75) is 0 Å². The maximum Gasteiger partial charge on any atom is 0.343 e. The summed E-state index contributed by atoms with van der Waals surface area (Å²) in [6.45, 7) is 0. The summed E-state index contributed by atoms with van der Waals surface area (Å²) in [7, 11) is 0. The Morgan fingerprint density at radius 3 is 2.72 bits per heavy atom. The standard InChI is InChI=1S/C17H12BrN3O3S/c18-13-3-1-2-12(8-13)16(23)24-14-6-4-11(5-7-14)9-19-21-17-20-15(22)10-25-17/h1-9H,10H2,(H,20,21,22). The minimum Gasteiger partial charge on any atom is -0.423 e. The van der Waals surface area contributed by atoms with Gasteiger partial charge < -0.3 is 10.1 Å². The van der Waals surface area contributed by atoms with Gasteiger partial charge in [0.25, 0.3) is 0 Å². The minimum absolute atomic E-state index is 0.0736. The Labute approximate surface area is 156 Å². The van der Waals surface area contributed by atoms with Crippen molar-refractivity contribution in [1.82, 2.24) is 5.32 Å². The highest BCUT2D eigenvalue weighted by atomic mass is 79.9. The third-order valence-electron chi connectivity index (χ3n) is 3.09. The summed E-state index contributed by atoms with van der Waals surface area (Å²) in [6, 6.07) is 13.9. The molecule has 25 heavy (non-hydrogen) atoms. The number of ether oxygens (including phenoxy) is 1. The predicted molar refractivity (Wildman–Crippen MR) is 101 cm³/mol. The number of carbonyl (C=O) groups excluding carboxylic acids is 2. The van der Waals surface area contributed by atoms with E-state index in [-0.39, 0.29) is 5.91 Å². The summed E-state index contributed by atoms with van der Waals surface area (Å²) in [4.78, 5) is 23.1. The summed E-state index contributed by atoms with van der Waals surface area (Å²) < 4.78 is 6.14. The second-order valence-corrected chi connectivity index (χ2v) is 6.84. The van der Waals surface area contributed by atoms with Crippen LogP contribution in [-0.4, -0.2) is 29.0 Å². The molecule has 1 heterocycles. The molecule has 3 rings (SSSR count). The largest absolute Gasteiger partial charge is 0.423 e. The second-order valence-electron chi connectivity index (χ2n) is 4.96. The van der Waals surface area contributed by atoms with Crippen LogP contribution in [0.4, 0.5) is 0 Å². The molecule has 6 nitrogen and oxygen atoms in total. The number of thioether (sulfide) groups is 1. The molecule has 2 aromatic rings. The van der Waals surface area contributed by atoms with Gasteiger partial charge in [-0.15, -0.1) is 5.10 Å². The predicted octanol–water partition coefficient (Wildman–Crippen LogP) is 3.22. The molecule has 0 aromatic heterocycles. The second kappa shape index (κ2) is 8.09. The van der Waals surface area contributed by atoms with Crippen LogP contribution < -0.4 is 10.1 Å². The van der Waals surface area contributed by atoms with Gasteiger partial charge in [-0.2, -0.15) is 5.10 Å². The van der Waals surface area contributed by atoms with E-state index in [1.165, 1.54) is 11.8 Å². The summed E-state index contributed by atoms with van der Waals surface area (Å²) in [5.41, 5.74) is 1.26. The number of rotatable bonds is 4. The van der Waals surface area contributed by atoms with Crippen molar-refractivity contribution in [3.8, 4) is 5.75 Å². The first-order valence-electron chi connectivity index (χ1n) is 7.22. The van der Waals surface area contributed by atoms with E-state index in [2.05, 4.69) is 31.4 Å². The quantitative estimate of drug-likeness (QED) is 0.358. The zero-order valence-corrected chi connectivity index (χ0v) is 15.2. The number of carbonyl (C=O) groups is 2. The Balaban J connectivity index is 1.60. The van der Waals surface area contributed by atoms with Crippen molar-refractivity contribution in [1.29, 1.82) is 0 Å². The number of hydrogen-bond donors (Lipinski definition) is 1. The molecule has 0 unspecified atom stereocenters. The topological polar surface area (TPSA) is 80.1 Å². The molecule has 0 bridgehead atoms. The van der Waals surface area contributed by atoms with Crippen molar-refractivity contribution in [2.75, 3.05) is 5.75 Å². The SMILES string of the molecule is O=C1CSC(=NN=Cc2ccc(OC(=O)c3cccc(Br)c3)cc2)N1. The summed E-state index contributed by atoms with van der Waals surface area (Å²) in [6.07, 6.45) is 1.55. The fourth-order valence-corrected chi connectivity index (χ4v) is 2.96. The van der Waals surface area contributed by atoms with Gasteiger partial charge in [0.2, 0.25) is 5.91 Å². The summed E-state index contributed by atoms with van der Waals surface area (Å²) in [5.74, 6) is 0.303. The van der Waals surface area contributed by atoms with Crippen LogP contribution in [0.25, 0.3) is 0 Å². The average Bonchev–Trinajstić information content (AvgIpc) is 3.02. The first-order chi connectivity index (χ1) is 12.1. The van der Waals surface area contributed by atoms with E-state index in [1.807, 2.05) is 6.07 Å². The number of nitrogens with one attached hydrogen (secondary N) is 1. The number of benzene rings is 2. The van der Waals surface area contributed by atoms with Crippen LogP contribution in [0, 0.1) is 0 Å². The van der Waals surface area contributed by atoms with Gasteiger partial charge in [0, 0.05) is 4.47 Å². The highest BCUT2D eigenvalue weighted by molar-refractivity contribution is 9.10. The number of halogens is 1. The zero-order valence-electron chi connectivity index (χ0n) is 12.8. The van der Waals surface area contributed by atoms with Gasteiger partial charge in [0.15, 0.2) is 5.17 Å². The lowest BCUT2D eigenvalue weighted by molar-refractivity contribution is -0.116. The van der Waals surface area contributed by atoms with Crippen LogP contribution in [0.2, 0.25) is 0 Å². The Morgan fingerprint density at radius 2 is 2.04 bits per heavy atom. The molecule has 1 amide bonds. The van der Waals surface area contributed by atoms with E-state index in [0.29, 0.717) is 22.2 Å². The first kappa shape index (κ1) is 17.4. The molecule has 8 heteroatoms. The van der Waals surface area contributed by atoms with Crippen molar-refractivity contribution in [3.63, 3.8) is 0 Å². The lowest BCUT2D eigenvalue weighted by atomic mass is 10.2. The Morgan fingerprint density at radius 1 is 1.24 bits per heavy atom. The van der Waals surface area contributed by atoms with Crippen LogP contribution in [0.1, 0.15) is 15.9 Å². The molecule has 0 spiro atoms. The van der Waals surface area contributed by atoms with E-state index < -0.39 is 5.97 Å². The Bertz CT molecular complexity index is 866. The molecule has 2 aromatic carbocycles. The fourth-order valence-electron chi connectivity index (χ4n) is 1.93. The summed E-state index contributed by atoms with van der Waals surface area (Å²) >= 11 is 4.63. The minimum atomic E-state index is -0.428. The normalized spacial score (nSPS) is 15.6. The number of amides is 1. The summed E-state index contributed by atoms with van der Waals surface area (Å²) in [5, 5.41) is 10.9. The molecule has 0 radical (unpaired) electrons. The molecular formula is C17H12BrN3O3S. The van der Waals surface area contributed by atoms with E-state index in [0.717, 1.165) is 10.0 Å². The van der Waals surface area contributed by atoms with Crippen molar-refractivity contribution in [2.24, 2.45) is 10.2 Å². The third-order valence-corrected chi connectivity index (χ3v) is 4.45. The van der Waals surface area contributed by atoms with Crippen LogP contribution in [-0.2, 0) is 4.79 Å². The molecule has 1 N–H and O–H groups in total. The molecule has 0 atom stereocenters. The molecule has 1 aliphatic heterocycles. The highest BCUT2D eigenvalue weighted by Crippen LogP contribution is 2.16. The van der Waals surface area contributed by atoms with Crippen LogP contribution in [0.3, 0.4) is 0 Å². The highest BCUT2D eigenvalue weighted by Gasteiger charge is 2.15. The van der Waals surface area contributed by atoms with Crippen molar-refractivity contribution in [3.05, 3.63) is 64.1 Å². The lowest BCUT2D eigenvalue weighted by Gasteiger charge is -2.04. The first-order valence-corrected chi connectivity index (χ1v) is 8.99. The number of amidine groups is 1. The molecule has 1 aliphatic rings. The Kier molecular flexibility index (Phi) is 5.62. The fraction of sp³-hybridized carbons (Fsp3) is 0.0588. The monoisotopic (exact) mass is 417 g/mol. The van der Waals surface area contributed by atoms with Gasteiger partial charge >= 0.3 is 5.97 Å². The average molecular weight is 418 g/mol. The van der Waals surface area contributed by atoms with Crippen molar-refractivity contribution < 1.29 is 14.3 Å². The number of hydrogen-bond acceptors (Lipinski definition) is 6. The molecule has 0 saturated carbocycles. The lowest BCUT2D eigenvalue weighted by Crippen LogP contribution is -2.19. The molecule has 0 aliphatic carbocycles. The van der Waals surface area contributed by atoms with Gasteiger partial charge in [-0.3, -0.25) is 4.79 Å². The number of esters is 1. The maximum absolute atomic E-state index is 12.1. The van der Waals surface area contributed by atoms with E-state index in [9.17, 15) is 9.59 Å². The Hall–Kier alpha value is -2.45. The van der Waals surface area contributed by atoms with E-state index in [4.69, 9.17) is 4.74 Å². The van der Waals surface area contributed by atoms with E-state index in [1.54, 1.807) is 48.7 Å². The van der Waals surface area contributed by atoms with Crippen LogP contribution in [0.15, 0.2) is 63.2 Å². The van der Waals surface area contributed by atoms with Gasteiger partial charge in [0.1, 0.15) is 5.75 Å². The van der Waals surface area contributed by atoms with Crippen LogP contribution in [0.5, 0.6) is 5.75 Å². The molecule has 1 saturated heterocycles.